The van der Waals surface area contributed by atoms with Gasteiger partial charge in [-0.1, -0.05) is 48.6 Å². The number of amides is 1. The van der Waals surface area contributed by atoms with Crippen molar-refractivity contribution in [2.24, 2.45) is 0 Å². The maximum atomic E-state index is 13.3. The van der Waals surface area contributed by atoms with Gasteiger partial charge >= 0.3 is 0 Å². The van der Waals surface area contributed by atoms with E-state index in [2.05, 4.69) is 64.7 Å². The highest BCUT2D eigenvalue weighted by molar-refractivity contribution is 7.03. The van der Waals surface area contributed by atoms with E-state index in [1.165, 1.54) is 36.7 Å². The van der Waals surface area contributed by atoms with Crippen molar-refractivity contribution in [3.05, 3.63) is 29.5 Å². The van der Waals surface area contributed by atoms with E-state index in [1.54, 1.807) is 19.2 Å². The highest BCUT2D eigenvalue weighted by Crippen LogP contribution is 2.39. The number of carbonyl (C=O) groups is 1. The number of nitrogens with one attached hydrogen (secondary N) is 2. The van der Waals surface area contributed by atoms with E-state index in [0.717, 1.165) is 18.5 Å². The smallest absolute Gasteiger partial charge is 0.291 e. The summed E-state index contributed by atoms with van der Waals surface area (Å²) in [5.74, 6) is 1.65. The van der Waals surface area contributed by atoms with Gasteiger partial charge in [0.1, 0.15) is 0 Å². The predicted octanol–water partition coefficient (Wildman–Crippen LogP) is 4.66. The second-order valence-electron chi connectivity index (χ2n) is 12.4. The zero-order valence-corrected chi connectivity index (χ0v) is 29.1. The standard InChI is InChI=1S/C30H45N5O6Si2/c1-19-25(21(37-4)18-22-26(19)43(9,10)17-16-42(22,7)8)41-23-13-12-20(40-23)27(36)32-24-28(38-5)33-30(34-29(24)39-6)31-14-11-15-35(2)3/h12-13,18H,11,14-17H2,1-10H3,(H,32,36)(H,31,33,34). The molecule has 13 heteroatoms. The topological polar surface area (TPSA) is 120 Å². The first-order chi connectivity index (χ1) is 20.3. The van der Waals surface area contributed by atoms with Crippen LogP contribution in [0.1, 0.15) is 22.5 Å². The monoisotopic (exact) mass is 627 g/mol. The number of ether oxygens (including phenoxy) is 4. The molecule has 234 valence electrons. The van der Waals surface area contributed by atoms with Gasteiger partial charge < -0.3 is 38.9 Å². The Labute approximate surface area is 256 Å². The van der Waals surface area contributed by atoms with E-state index in [0.29, 0.717) is 24.0 Å². The first-order valence-electron chi connectivity index (χ1n) is 14.5. The van der Waals surface area contributed by atoms with Crippen LogP contribution in [0.25, 0.3) is 0 Å². The lowest BCUT2D eigenvalue weighted by molar-refractivity contribution is 0.0990. The van der Waals surface area contributed by atoms with Crippen molar-refractivity contribution < 1.29 is 28.2 Å². The van der Waals surface area contributed by atoms with Crippen molar-refractivity contribution in [2.45, 2.75) is 51.6 Å². The summed E-state index contributed by atoms with van der Waals surface area (Å²) in [5, 5.41) is 8.87. The van der Waals surface area contributed by atoms with E-state index in [9.17, 15) is 4.79 Å². The Kier molecular flexibility index (Phi) is 9.77. The second kappa shape index (κ2) is 13.0. The molecule has 0 radical (unpaired) electrons. The van der Waals surface area contributed by atoms with Crippen LogP contribution in [-0.2, 0) is 0 Å². The zero-order chi connectivity index (χ0) is 31.5. The fourth-order valence-corrected chi connectivity index (χ4v) is 16.5. The number of anilines is 2. The summed E-state index contributed by atoms with van der Waals surface area (Å²) >= 11 is 0. The lowest BCUT2D eigenvalue weighted by atomic mass is 10.2. The van der Waals surface area contributed by atoms with Gasteiger partial charge in [-0.3, -0.25) is 4.79 Å². The molecule has 1 aliphatic rings. The zero-order valence-electron chi connectivity index (χ0n) is 27.1. The molecule has 43 heavy (non-hydrogen) atoms. The van der Waals surface area contributed by atoms with Crippen LogP contribution in [0.2, 0.25) is 38.3 Å². The summed E-state index contributed by atoms with van der Waals surface area (Å²) in [6.45, 7) is 13.4. The molecule has 0 saturated carbocycles. The first kappa shape index (κ1) is 32.4. The van der Waals surface area contributed by atoms with Crippen LogP contribution < -0.4 is 40.0 Å². The molecule has 0 unspecified atom stereocenters. The van der Waals surface area contributed by atoms with Crippen LogP contribution in [-0.4, -0.2) is 85.4 Å². The van der Waals surface area contributed by atoms with Crippen molar-refractivity contribution >= 4 is 44.1 Å². The lowest BCUT2D eigenvalue weighted by Gasteiger charge is -2.41. The number of benzene rings is 1. The van der Waals surface area contributed by atoms with Crippen molar-refractivity contribution in [1.82, 2.24) is 14.9 Å². The van der Waals surface area contributed by atoms with Crippen LogP contribution in [0.4, 0.5) is 11.6 Å². The van der Waals surface area contributed by atoms with Gasteiger partial charge in [-0.25, -0.2) is 0 Å². The molecule has 1 aromatic carbocycles. The normalized spacial score (nSPS) is 15.0. The molecule has 11 nitrogen and oxygen atoms in total. The molecule has 0 saturated heterocycles. The number of rotatable bonds is 12. The molecule has 3 heterocycles. The molecule has 1 aliphatic heterocycles. The summed E-state index contributed by atoms with van der Waals surface area (Å²) < 4.78 is 28.9. The number of methoxy groups -OCH3 is 3. The van der Waals surface area contributed by atoms with Crippen LogP contribution in [0.15, 0.2) is 22.6 Å². The van der Waals surface area contributed by atoms with Gasteiger partial charge in [-0.2, -0.15) is 9.97 Å². The van der Waals surface area contributed by atoms with E-state index < -0.39 is 22.1 Å². The summed E-state index contributed by atoms with van der Waals surface area (Å²) in [7, 11) is 5.38. The Balaban J connectivity index is 1.56. The highest BCUT2D eigenvalue weighted by Gasteiger charge is 2.42. The van der Waals surface area contributed by atoms with Gasteiger partial charge in [0, 0.05) is 12.6 Å². The summed E-state index contributed by atoms with van der Waals surface area (Å²) in [6, 6.07) is 7.91. The molecule has 3 aromatic rings. The van der Waals surface area contributed by atoms with Crippen molar-refractivity contribution in [2.75, 3.05) is 59.1 Å². The maximum Gasteiger partial charge on any atom is 0.291 e. The molecule has 2 aromatic heterocycles. The number of furan rings is 1. The van der Waals surface area contributed by atoms with E-state index in [4.69, 9.17) is 23.4 Å². The van der Waals surface area contributed by atoms with Crippen molar-refractivity contribution in [3.63, 3.8) is 0 Å². The highest BCUT2D eigenvalue weighted by atomic mass is 28.3. The van der Waals surface area contributed by atoms with Gasteiger partial charge in [-0.05, 0) is 51.7 Å². The molecule has 0 bridgehead atoms. The minimum Gasteiger partial charge on any atom is -0.493 e. The number of fused-ring (bicyclic) bond motifs is 1. The van der Waals surface area contributed by atoms with Gasteiger partial charge in [0.25, 0.3) is 11.9 Å². The molecule has 4 rings (SSSR count). The molecule has 2 N–H and O–H groups in total. The Morgan fingerprint density at radius 2 is 1.65 bits per heavy atom. The number of carbonyl (C=O) groups excluding carboxylic acids is 1. The van der Waals surface area contributed by atoms with Crippen LogP contribution >= 0.6 is 0 Å². The Morgan fingerprint density at radius 3 is 2.26 bits per heavy atom. The fraction of sp³-hybridized carbons (Fsp3) is 0.500. The number of hydrogen-bond acceptors (Lipinski definition) is 10. The molecular formula is C30H45N5O6Si2. The van der Waals surface area contributed by atoms with E-state index >= 15 is 0 Å². The SMILES string of the molecule is COc1cc2c(c(C)c1Oc1ccc(C(=O)Nc3c(OC)nc(NCCCN(C)C)nc3OC)o1)[Si](C)(C)CC[Si]2(C)C. The Hall–Kier alpha value is -3.56. The Morgan fingerprint density at radius 1 is 1.00 bits per heavy atom. The molecule has 0 fully saturated rings. The quantitative estimate of drug-likeness (QED) is 0.217. The Bertz CT molecular complexity index is 1450. The molecule has 0 spiro atoms. The number of aromatic nitrogens is 2. The number of nitrogens with zero attached hydrogens (tertiary/aromatic N) is 3. The third-order valence-electron chi connectivity index (χ3n) is 8.03. The van der Waals surface area contributed by atoms with Gasteiger partial charge in [0.2, 0.25) is 17.7 Å². The third kappa shape index (κ3) is 6.99. The second-order valence-corrected chi connectivity index (χ2v) is 22.0. The maximum absolute atomic E-state index is 13.3. The summed E-state index contributed by atoms with van der Waals surface area (Å²) in [4.78, 5) is 24.1. The van der Waals surface area contributed by atoms with E-state index in [1.807, 2.05) is 14.1 Å². The summed E-state index contributed by atoms with van der Waals surface area (Å²) in [6.07, 6.45) is 0.901. The van der Waals surface area contributed by atoms with Crippen LogP contribution in [0.5, 0.6) is 29.2 Å². The molecule has 0 aliphatic carbocycles. The molecule has 1 amide bonds. The minimum atomic E-state index is -1.66. The van der Waals surface area contributed by atoms with E-state index in [-0.39, 0.29) is 29.2 Å². The van der Waals surface area contributed by atoms with Gasteiger partial charge in [-0.15, -0.1) is 0 Å². The van der Waals surface area contributed by atoms with Gasteiger partial charge in [0.05, 0.1) is 37.5 Å². The largest absolute Gasteiger partial charge is 0.493 e. The summed E-state index contributed by atoms with van der Waals surface area (Å²) in [5.41, 5.74) is 1.29. The average Bonchev–Trinajstić information content (AvgIpc) is 3.43. The molecule has 0 atom stereocenters. The number of hydrogen-bond donors (Lipinski definition) is 2. The van der Waals surface area contributed by atoms with Crippen LogP contribution in [0, 0.1) is 6.92 Å². The first-order valence-corrected chi connectivity index (χ1v) is 20.9. The van der Waals surface area contributed by atoms with Crippen LogP contribution in [0.3, 0.4) is 0 Å². The van der Waals surface area contributed by atoms with Crippen molar-refractivity contribution in [3.8, 4) is 29.2 Å². The van der Waals surface area contributed by atoms with Gasteiger partial charge in [0.15, 0.2) is 22.9 Å². The van der Waals surface area contributed by atoms with Crippen molar-refractivity contribution in [1.29, 1.82) is 0 Å². The lowest BCUT2D eigenvalue weighted by Crippen LogP contribution is -2.64. The third-order valence-corrected chi connectivity index (χ3v) is 15.6. The fourth-order valence-electron chi connectivity index (χ4n) is 5.61. The molecular weight excluding hydrogens is 583 g/mol. The average molecular weight is 628 g/mol. The minimum absolute atomic E-state index is 0.0443. The predicted molar refractivity (Wildman–Crippen MR) is 175 cm³/mol.